The molecule has 1 unspecified atom stereocenters. The van der Waals surface area contributed by atoms with Gasteiger partial charge in [-0.15, -0.1) is 0 Å². The topological polar surface area (TPSA) is 72.6 Å². The van der Waals surface area contributed by atoms with Crippen LogP contribution < -0.4 is 0 Å². The molecule has 0 saturated carbocycles. The molecule has 2 atom stereocenters. The van der Waals surface area contributed by atoms with E-state index in [1.807, 2.05) is 36.4 Å². The molecular weight excluding hydrogens is 384 g/mol. The molecule has 6 heteroatoms. The highest BCUT2D eigenvalue weighted by Gasteiger charge is 2.48. The second-order valence-electron chi connectivity index (χ2n) is 6.15. The smallest absolute Gasteiger partial charge is 0.261 e. The Balaban J connectivity index is 1.96. The average Bonchev–Trinajstić information content (AvgIpc) is 2.87. The molecule has 0 amide bonds. The molecule has 1 aliphatic heterocycles. The first-order valence-electron chi connectivity index (χ1n) is 7.81. The first kappa shape index (κ1) is 15.9. The van der Waals surface area contributed by atoms with Gasteiger partial charge in [-0.05, 0) is 24.6 Å². The van der Waals surface area contributed by atoms with Crippen LogP contribution in [-0.4, -0.2) is 22.5 Å². The quantitative estimate of drug-likeness (QED) is 0.562. The number of carbonyl (C=O) groups excluding carboxylic acids is 1. The lowest BCUT2D eigenvalue weighted by Crippen LogP contribution is -2.38. The summed E-state index contributed by atoms with van der Waals surface area (Å²) in [7, 11) is 0. The van der Waals surface area contributed by atoms with Gasteiger partial charge in [0.25, 0.3) is 6.04 Å². The maximum absolute atomic E-state index is 13.0. The number of Topliss-reactive ketones (excluding diaryl/α,β-unsaturated/α-hetero) is 1. The lowest BCUT2D eigenvalue weighted by molar-refractivity contribution is -0.505. The van der Waals surface area contributed by atoms with E-state index in [-0.39, 0.29) is 10.7 Å². The minimum Gasteiger partial charge on any atom is -0.289 e. The summed E-state index contributed by atoms with van der Waals surface area (Å²) in [6, 6.07) is 13.5. The number of nitrogens with zero attached hydrogens (tertiary/aromatic N) is 2. The first-order chi connectivity index (χ1) is 12.0. The van der Waals surface area contributed by atoms with Crippen LogP contribution in [0.1, 0.15) is 34.3 Å². The number of nitro groups is 1. The van der Waals surface area contributed by atoms with Crippen LogP contribution >= 0.6 is 15.9 Å². The molecule has 124 valence electrons. The molecule has 25 heavy (non-hydrogen) atoms. The Kier molecular flexibility index (Phi) is 3.65. The number of ketones is 1. The summed E-state index contributed by atoms with van der Waals surface area (Å²) in [6.07, 6.45) is 0. The molecule has 5 nitrogen and oxygen atoms in total. The van der Waals surface area contributed by atoms with E-state index in [0.29, 0.717) is 22.5 Å². The van der Waals surface area contributed by atoms with Gasteiger partial charge in [-0.2, -0.15) is 0 Å². The van der Waals surface area contributed by atoms with E-state index in [2.05, 4.69) is 20.9 Å². The predicted octanol–water partition coefficient (Wildman–Crippen LogP) is 4.26. The molecule has 4 rings (SSSR count). The molecular formula is C19H13BrN2O3. The zero-order valence-corrected chi connectivity index (χ0v) is 14.9. The summed E-state index contributed by atoms with van der Waals surface area (Å²) < 4.78 is 0.880. The second kappa shape index (κ2) is 5.74. The number of carbonyl (C=O) groups is 1. The normalized spacial score (nSPS) is 21.7. The highest BCUT2D eigenvalue weighted by molar-refractivity contribution is 9.10. The fourth-order valence-electron chi connectivity index (χ4n) is 3.63. The van der Waals surface area contributed by atoms with Crippen molar-refractivity contribution < 1.29 is 9.72 Å². The highest BCUT2D eigenvalue weighted by atomic mass is 79.9. The Hall–Kier alpha value is -2.60. The van der Waals surface area contributed by atoms with Crippen molar-refractivity contribution in [1.29, 1.82) is 0 Å². The standard InChI is InChI=1S/C19H13BrN2O3/c1-10-18(22(24)25)15(11-6-8-12(20)9-7-11)16-17(21-10)13-4-2-3-5-14(13)19(16)23/h2-9,15,18H,1H3/t15-,18?/m0/s1. The number of hydrogen-bond acceptors (Lipinski definition) is 4. The molecule has 0 spiro atoms. The van der Waals surface area contributed by atoms with E-state index < -0.39 is 12.0 Å². The number of benzene rings is 2. The van der Waals surface area contributed by atoms with Gasteiger partial charge in [0.05, 0.1) is 17.3 Å². The molecule has 0 radical (unpaired) electrons. The zero-order valence-electron chi connectivity index (χ0n) is 13.3. The maximum atomic E-state index is 13.0. The molecule has 2 aromatic rings. The van der Waals surface area contributed by atoms with Crippen LogP contribution in [0.5, 0.6) is 0 Å². The van der Waals surface area contributed by atoms with E-state index in [9.17, 15) is 14.9 Å². The van der Waals surface area contributed by atoms with Crippen LogP contribution in [0.4, 0.5) is 0 Å². The summed E-state index contributed by atoms with van der Waals surface area (Å²) in [5.41, 5.74) is 3.48. The molecule has 1 aliphatic carbocycles. The van der Waals surface area contributed by atoms with Crippen LogP contribution in [0, 0.1) is 10.1 Å². The summed E-state index contributed by atoms with van der Waals surface area (Å²) in [6.45, 7) is 1.66. The first-order valence-corrected chi connectivity index (χ1v) is 8.60. The Morgan fingerprint density at radius 1 is 1.08 bits per heavy atom. The van der Waals surface area contributed by atoms with Gasteiger partial charge < -0.3 is 0 Å². The molecule has 0 aromatic heterocycles. The largest absolute Gasteiger partial charge is 0.289 e. The maximum Gasteiger partial charge on any atom is 0.261 e. The SMILES string of the molecule is CC1=NC2=C(C(=O)c3ccccc32)[C@H](c2ccc(Br)cc2)C1[N+](=O)[O-]. The lowest BCUT2D eigenvalue weighted by Gasteiger charge is -2.26. The molecule has 0 saturated heterocycles. The number of fused-ring (bicyclic) bond motifs is 2. The van der Waals surface area contributed by atoms with Crippen molar-refractivity contribution in [2.45, 2.75) is 18.9 Å². The second-order valence-corrected chi connectivity index (χ2v) is 7.07. The molecule has 0 N–H and O–H groups in total. The van der Waals surface area contributed by atoms with E-state index in [1.54, 1.807) is 19.1 Å². The minimum atomic E-state index is -1.04. The van der Waals surface area contributed by atoms with Crippen molar-refractivity contribution in [3.05, 3.63) is 85.4 Å². The van der Waals surface area contributed by atoms with Crippen LogP contribution in [0.15, 0.2) is 63.6 Å². The summed E-state index contributed by atoms with van der Waals surface area (Å²) in [4.78, 5) is 28.9. The summed E-state index contributed by atoms with van der Waals surface area (Å²) >= 11 is 3.38. The van der Waals surface area contributed by atoms with Gasteiger partial charge in [-0.25, -0.2) is 4.99 Å². The van der Waals surface area contributed by atoms with E-state index in [4.69, 9.17) is 0 Å². The molecule has 0 fully saturated rings. The van der Waals surface area contributed by atoms with Gasteiger partial charge >= 0.3 is 0 Å². The lowest BCUT2D eigenvalue weighted by atomic mass is 9.80. The summed E-state index contributed by atoms with van der Waals surface area (Å²) in [5.74, 6) is -0.808. The van der Waals surface area contributed by atoms with Crippen molar-refractivity contribution in [1.82, 2.24) is 0 Å². The van der Waals surface area contributed by atoms with Crippen molar-refractivity contribution >= 4 is 33.1 Å². The van der Waals surface area contributed by atoms with E-state index >= 15 is 0 Å². The van der Waals surface area contributed by atoms with Gasteiger partial charge in [0.1, 0.15) is 0 Å². The van der Waals surface area contributed by atoms with Gasteiger partial charge in [-0.1, -0.05) is 52.3 Å². The molecule has 1 heterocycles. The third-order valence-electron chi connectivity index (χ3n) is 4.73. The highest BCUT2D eigenvalue weighted by Crippen LogP contribution is 2.46. The van der Waals surface area contributed by atoms with E-state index in [1.165, 1.54) is 0 Å². The van der Waals surface area contributed by atoms with Crippen molar-refractivity contribution in [2.24, 2.45) is 4.99 Å². The Labute approximate surface area is 152 Å². The third kappa shape index (κ3) is 2.36. The zero-order chi connectivity index (χ0) is 17.7. The Morgan fingerprint density at radius 2 is 1.72 bits per heavy atom. The third-order valence-corrected chi connectivity index (χ3v) is 5.25. The number of halogens is 1. The number of aliphatic imine (C=N–C) groups is 1. The average molecular weight is 397 g/mol. The van der Waals surface area contributed by atoms with Gasteiger partial charge in [0.2, 0.25) is 0 Å². The van der Waals surface area contributed by atoms with Crippen LogP contribution in [-0.2, 0) is 0 Å². The fourth-order valence-corrected chi connectivity index (χ4v) is 3.89. The number of rotatable bonds is 2. The van der Waals surface area contributed by atoms with Crippen molar-refractivity contribution in [3.63, 3.8) is 0 Å². The Morgan fingerprint density at radius 3 is 2.36 bits per heavy atom. The minimum absolute atomic E-state index is 0.165. The van der Waals surface area contributed by atoms with Gasteiger partial charge in [-0.3, -0.25) is 14.9 Å². The van der Waals surface area contributed by atoms with Gasteiger partial charge in [0.15, 0.2) is 5.78 Å². The molecule has 0 bridgehead atoms. The number of hydrogen-bond donors (Lipinski definition) is 0. The Bertz CT molecular complexity index is 976. The van der Waals surface area contributed by atoms with Crippen LogP contribution in [0.3, 0.4) is 0 Å². The molecule has 2 aliphatic rings. The van der Waals surface area contributed by atoms with Crippen LogP contribution in [0.25, 0.3) is 5.70 Å². The monoisotopic (exact) mass is 396 g/mol. The van der Waals surface area contributed by atoms with Gasteiger partial charge in [0, 0.05) is 26.1 Å². The van der Waals surface area contributed by atoms with Crippen molar-refractivity contribution in [2.75, 3.05) is 0 Å². The summed E-state index contributed by atoms with van der Waals surface area (Å²) in [5, 5.41) is 11.8. The predicted molar refractivity (Wildman–Crippen MR) is 98.5 cm³/mol. The fraction of sp³-hybridized carbons (Fsp3) is 0.158. The van der Waals surface area contributed by atoms with Crippen LogP contribution in [0.2, 0.25) is 0 Å². The molecule has 2 aromatic carbocycles. The van der Waals surface area contributed by atoms with E-state index in [0.717, 1.165) is 15.6 Å². The van der Waals surface area contributed by atoms with Crippen molar-refractivity contribution in [3.8, 4) is 0 Å².